The van der Waals surface area contributed by atoms with E-state index in [0.29, 0.717) is 11.5 Å². The fourth-order valence-electron chi connectivity index (χ4n) is 3.19. The third-order valence-corrected chi connectivity index (χ3v) is 4.28. The van der Waals surface area contributed by atoms with Gasteiger partial charge in [0.05, 0.1) is 36.7 Å². The summed E-state index contributed by atoms with van der Waals surface area (Å²) in [5, 5.41) is 0. The molecule has 6 nitrogen and oxygen atoms in total. The van der Waals surface area contributed by atoms with Crippen molar-refractivity contribution in [3.63, 3.8) is 0 Å². The summed E-state index contributed by atoms with van der Waals surface area (Å²) in [4.78, 5) is 14.1. The molecule has 0 aliphatic heterocycles. The number of para-hydroxylation sites is 1. The number of imidazole rings is 1. The quantitative estimate of drug-likeness (QED) is 0.573. The monoisotopic (exact) mass is 334 g/mol. The summed E-state index contributed by atoms with van der Waals surface area (Å²) in [6.07, 6.45) is 0. The second kappa shape index (κ2) is 5.73. The standard InChI is InChI=1S/C19H18N4O2/c1-11-17-12(2)21-18(13-7-5-6-8-15(13)24-3)23(17)19-14(20-11)9-10-16(22-19)25-4/h5-10H,1-4H3. The number of nitrogens with zero attached hydrogens (tertiary/aromatic N) is 4. The van der Waals surface area contributed by atoms with Crippen molar-refractivity contribution >= 4 is 16.7 Å². The molecule has 3 heterocycles. The Hall–Kier alpha value is -3.15. The SMILES string of the molecule is COc1ccc2nc(C)c3c(C)nc(-c4ccccc4OC)n3c2n1. The Labute approximate surface area is 145 Å². The largest absolute Gasteiger partial charge is 0.496 e. The molecule has 0 aliphatic carbocycles. The van der Waals surface area contributed by atoms with Gasteiger partial charge in [0.25, 0.3) is 0 Å². The molecule has 0 unspecified atom stereocenters. The summed E-state index contributed by atoms with van der Waals surface area (Å²) in [7, 11) is 3.26. The van der Waals surface area contributed by atoms with E-state index in [1.807, 2.05) is 54.6 Å². The highest BCUT2D eigenvalue weighted by atomic mass is 16.5. The van der Waals surface area contributed by atoms with Gasteiger partial charge in [0.2, 0.25) is 5.88 Å². The molecule has 1 aromatic carbocycles. The van der Waals surface area contributed by atoms with Crippen molar-refractivity contribution in [1.82, 2.24) is 19.4 Å². The van der Waals surface area contributed by atoms with E-state index in [4.69, 9.17) is 14.5 Å². The fraction of sp³-hybridized carbons (Fsp3) is 0.211. The van der Waals surface area contributed by atoms with E-state index in [1.54, 1.807) is 14.2 Å². The van der Waals surface area contributed by atoms with Crippen LogP contribution >= 0.6 is 0 Å². The van der Waals surface area contributed by atoms with E-state index in [9.17, 15) is 0 Å². The van der Waals surface area contributed by atoms with Crippen LogP contribution in [0.4, 0.5) is 0 Å². The number of methoxy groups -OCH3 is 2. The van der Waals surface area contributed by atoms with Crippen molar-refractivity contribution < 1.29 is 9.47 Å². The number of fused-ring (bicyclic) bond motifs is 3. The molecule has 126 valence electrons. The zero-order valence-electron chi connectivity index (χ0n) is 14.6. The number of rotatable bonds is 3. The van der Waals surface area contributed by atoms with Gasteiger partial charge < -0.3 is 9.47 Å². The molecule has 0 bridgehead atoms. The molecule has 6 heteroatoms. The number of aryl methyl sites for hydroxylation is 2. The maximum absolute atomic E-state index is 5.53. The van der Waals surface area contributed by atoms with Crippen LogP contribution in [0.25, 0.3) is 28.1 Å². The number of pyridine rings is 1. The lowest BCUT2D eigenvalue weighted by Gasteiger charge is -2.10. The molecule has 0 fully saturated rings. The molecule has 4 aromatic rings. The number of hydrogen-bond donors (Lipinski definition) is 0. The van der Waals surface area contributed by atoms with Crippen molar-refractivity contribution in [3.05, 3.63) is 47.8 Å². The molecule has 0 aliphatic rings. The smallest absolute Gasteiger partial charge is 0.215 e. The van der Waals surface area contributed by atoms with Crippen LogP contribution in [-0.2, 0) is 0 Å². The molecule has 0 saturated carbocycles. The van der Waals surface area contributed by atoms with Crippen LogP contribution in [0.2, 0.25) is 0 Å². The minimum atomic E-state index is 0.539. The summed E-state index contributed by atoms with van der Waals surface area (Å²) in [5.74, 6) is 2.08. The highest BCUT2D eigenvalue weighted by molar-refractivity contribution is 5.82. The number of ether oxygens (including phenoxy) is 2. The first kappa shape index (κ1) is 15.4. The van der Waals surface area contributed by atoms with Gasteiger partial charge in [-0.1, -0.05) is 12.1 Å². The Bertz CT molecular complexity index is 1100. The molecular weight excluding hydrogens is 316 g/mol. The lowest BCUT2D eigenvalue weighted by molar-refractivity contribution is 0.399. The lowest BCUT2D eigenvalue weighted by atomic mass is 10.2. The molecule has 0 atom stereocenters. The Morgan fingerprint density at radius 3 is 2.36 bits per heavy atom. The molecule has 3 aromatic heterocycles. The molecule has 4 rings (SSSR count). The van der Waals surface area contributed by atoms with Gasteiger partial charge in [-0.3, -0.25) is 4.40 Å². The van der Waals surface area contributed by atoms with Gasteiger partial charge >= 0.3 is 0 Å². The third-order valence-electron chi connectivity index (χ3n) is 4.28. The van der Waals surface area contributed by atoms with E-state index in [-0.39, 0.29) is 0 Å². The van der Waals surface area contributed by atoms with E-state index >= 15 is 0 Å². The summed E-state index contributed by atoms with van der Waals surface area (Å²) in [6.45, 7) is 3.97. The first-order chi connectivity index (χ1) is 12.1. The lowest BCUT2D eigenvalue weighted by Crippen LogP contribution is -2.01. The summed E-state index contributed by atoms with van der Waals surface area (Å²) >= 11 is 0. The molecular formula is C19H18N4O2. The zero-order valence-corrected chi connectivity index (χ0v) is 14.6. The van der Waals surface area contributed by atoms with Crippen molar-refractivity contribution in [1.29, 1.82) is 0 Å². The minimum Gasteiger partial charge on any atom is -0.496 e. The molecule has 0 amide bonds. The molecule has 25 heavy (non-hydrogen) atoms. The Morgan fingerprint density at radius 1 is 0.840 bits per heavy atom. The molecule has 0 N–H and O–H groups in total. The number of benzene rings is 1. The van der Waals surface area contributed by atoms with Gasteiger partial charge in [0.1, 0.15) is 17.1 Å². The fourth-order valence-corrected chi connectivity index (χ4v) is 3.19. The van der Waals surface area contributed by atoms with Crippen LogP contribution in [-0.4, -0.2) is 33.6 Å². The van der Waals surface area contributed by atoms with Crippen LogP contribution in [0.3, 0.4) is 0 Å². The first-order valence-corrected chi connectivity index (χ1v) is 7.98. The Kier molecular flexibility index (Phi) is 3.53. The topological polar surface area (TPSA) is 61.5 Å². The van der Waals surface area contributed by atoms with Crippen molar-refractivity contribution in [3.8, 4) is 23.0 Å². The van der Waals surface area contributed by atoms with Crippen LogP contribution in [0.1, 0.15) is 11.4 Å². The summed E-state index contributed by atoms with van der Waals surface area (Å²) in [5.41, 5.74) is 5.17. The van der Waals surface area contributed by atoms with Crippen molar-refractivity contribution in [2.75, 3.05) is 14.2 Å². The number of aromatic nitrogens is 4. The molecule has 0 saturated heterocycles. The highest BCUT2D eigenvalue weighted by Gasteiger charge is 2.19. The van der Waals surface area contributed by atoms with E-state index < -0.39 is 0 Å². The second-order valence-electron chi connectivity index (χ2n) is 5.80. The van der Waals surface area contributed by atoms with Crippen LogP contribution < -0.4 is 9.47 Å². The predicted molar refractivity (Wildman–Crippen MR) is 96.3 cm³/mol. The Morgan fingerprint density at radius 2 is 1.60 bits per heavy atom. The van der Waals surface area contributed by atoms with E-state index in [2.05, 4.69) is 9.97 Å². The van der Waals surface area contributed by atoms with Crippen LogP contribution in [0.5, 0.6) is 11.6 Å². The van der Waals surface area contributed by atoms with Gasteiger partial charge in [-0.25, -0.2) is 9.97 Å². The molecule has 0 radical (unpaired) electrons. The summed E-state index contributed by atoms with van der Waals surface area (Å²) in [6, 6.07) is 11.6. The Balaban J connectivity index is 2.19. The summed E-state index contributed by atoms with van der Waals surface area (Å²) < 4.78 is 12.9. The predicted octanol–water partition coefficient (Wildman–Crippen LogP) is 3.58. The maximum Gasteiger partial charge on any atom is 0.215 e. The van der Waals surface area contributed by atoms with Crippen molar-refractivity contribution in [2.24, 2.45) is 0 Å². The van der Waals surface area contributed by atoms with Gasteiger partial charge in [0, 0.05) is 6.07 Å². The average Bonchev–Trinajstić information content (AvgIpc) is 2.99. The average molecular weight is 334 g/mol. The zero-order chi connectivity index (χ0) is 17.6. The van der Waals surface area contributed by atoms with Gasteiger partial charge in [0.15, 0.2) is 5.65 Å². The van der Waals surface area contributed by atoms with E-state index in [1.165, 1.54) is 0 Å². The van der Waals surface area contributed by atoms with E-state index in [0.717, 1.165) is 39.6 Å². The van der Waals surface area contributed by atoms with Gasteiger partial charge in [-0.05, 0) is 32.0 Å². The maximum atomic E-state index is 5.53. The van der Waals surface area contributed by atoms with Gasteiger partial charge in [-0.15, -0.1) is 0 Å². The van der Waals surface area contributed by atoms with Crippen LogP contribution in [0, 0.1) is 13.8 Å². The normalized spacial score (nSPS) is 11.2. The molecule has 0 spiro atoms. The third kappa shape index (κ3) is 2.29. The van der Waals surface area contributed by atoms with Crippen molar-refractivity contribution in [2.45, 2.75) is 13.8 Å². The highest BCUT2D eigenvalue weighted by Crippen LogP contribution is 2.33. The second-order valence-corrected chi connectivity index (χ2v) is 5.80. The first-order valence-electron chi connectivity index (χ1n) is 7.98. The van der Waals surface area contributed by atoms with Crippen LogP contribution in [0.15, 0.2) is 36.4 Å². The number of hydrogen-bond acceptors (Lipinski definition) is 5. The van der Waals surface area contributed by atoms with Gasteiger partial charge in [-0.2, -0.15) is 4.98 Å². The minimum absolute atomic E-state index is 0.539.